The number of esters is 4. The molecule has 0 aromatic carbocycles. The number of hydrogen-bond donors (Lipinski definition) is 3. The third kappa shape index (κ3) is 76.1. The first-order chi connectivity index (χ1) is 49.0. The normalized spacial score (nSPS) is 13.8. The van der Waals surface area contributed by atoms with E-state index in [9.17, 15) is 43.2 Å². The summed E-state index contributed by atoms with van der Waals surface area (Å²) in [5.41, 5.74) is 0. The number of aliphatic hydroxyl groups excluding tert-OH is 1. The standard InChI is InChI=1S/C82H160O17P2/c1-6-9-12-15-18-21-24-27-30-32-33-34-36-38-41-44-47-52-58-63-68-81(86)98-77(71-92-79(84)65-60-55-50-45-42-40-37-35-31-28-25-22-19-16-13-10-7-2)73-96-100(88,89)94-69-76(83)70-95-101(90,91)97-74-78(72-93-80(85)66-61-56-53-48-49-54-59-64-75(4)5)99-82(87)67-62-57-51-46-43-39-29-26-23-20-17-14-11-8-3/h75-78,83H,6-74H2,1-5H3,(H,88,89)(H,90,91)/t76-,77-,78-/m1/s1. The van der Waals surface area contributed by atoms with Gasteiger partial charge < -0.3 is 33.8 Å². The second-order valence-corrected chi connectivity index (χ2v) is 32.9. The third-order valence-electron chi connectivity index (χ3n) is 19.3. The minimum atomic E-state index is -4.96. The van der Waals surface area contributed by atoms with Crippen LogP contribution in [0, 0.1) is 5.92 Å². The van der Waals surface area contributed by atoms with Gasteiger partial charge in [-0.05, 0) is 31.6 Å². The Labute approximate surface area is 619 Å². The van der Waals surface area contributed by atoms with Gasteiger partial charge in [-0.2, -0.15) is 0 Å². The highest BCUT2D eigenvalue weighted by Gasteiger charge is 2.30. The summed E-state index contributed by atoms with van der Waals surface area (Å²) in [5.74, 6) is -1.40. The Morgan fingerprint density at radius 2 is 0.455 bits per heavy atom. The Balaban J connectivity index is 5.23. The van der Waals surface area contributed by atoms with E-state index in [1.54, 1.807) is 0 Å². The predicted octanol–water partition coefficient (Wildman–Crippen LogP) is 24.8. The fraction of sp³-hybridized carbons (Fsp3) is 0.951. The average Bonchev–Trinajstić information content (AvgIpc) is 0.984. The van der Waals surface area contributed by atoms with Crippen molar-refractivity contribution in [1.29, 1.82) is 0 Å². The molecule has 0 heterocycles. The van der Waals surface area contributed by atoms with Crippen LogP contribution in [0.4, 0.5) is 0 Å². The topological polar surface area (TPSA) is 237 Å². The van der Waals surface area contributed by atoms with Gasteiger partial charge in [-0.3, -0.25) is 37.3 Å². The molecular formula is C82H160O17P2. The molecule has 101 heavy (non-hydrogen) atoms. The van der Waals surface area contributed by atoms with Crippen LogP contribution in [0.1, 0.15) is 439 Å². The molecule has 0 aliphatic rings. The highest BCUT2D eigenvalue weighted by atomic mass is 31.2. The van der Waals surface area contributed by atoms with Gasteiger partial charge in [0, 0.05) is 25.7 Å². The maximum atomic E-state index is 13.1. The highest BCUT2D eigenvalue weighted by Crippen LogP contribution is 2.45. The van der Waals surface area contributed by atoms with E-state index in [-0.39, 0.29) is 25.7 Å². The van der Waals surface area contributed by atoms with Gasteiger partial charge in [0.2, 0.25) is 0 Å². The fourth-order valence-electron chi connectivity index (χ4n) is 12.8. The minimum absolute atomic E-state index is 0.108. The molecule has 0 amide bonds. The van der Waals surface area contributed by atoms with Crippen molar-refractivity contribution in [1.82, 2.24) is 0 Å². The molecule has 2 unspecified atom stereocenters. The van der Waals surface area contributed by atoms with Crippen molar-refractivity contribution in [2.75, 3.05) is 39.6 Å². The summed E-state index contributed by atoms with van der Waals surface area (Å²) in [6.45, 7) is 7.29. The Bertz CT molecular complexity index is 1930. The molecule has 3 N–H and O–H groups in total. The van der Waals surface area contributed by atoms with E-state index < -0.39 is 97.5 Å². The third-order valence-corrected chi connectivity index (χ3v) is 21.2. The maximum Gasteiger partial charge on any atom is 0.472 e. The van der Waals surface area contributed by atoms with Crippen LogP contribution in [0.5, 0.6) is 0 Å². The lowest BCUT2D eigenvalue weighted by Gasteiger charge is -2.21. The van der Waals surface area contributed by atoms with Crippen molar-refractivity contribution in [2.45, 2.75) is 457 Å². The quantitative estimate of drug-likeness (QED) is 0.0222. The van der Waals surface area contributed by atoms with E-state index in [2.05, 4.69) is 34.6 Å². The molecule has 0 aliphatic heterocycles. The Kier molecular flexibility index (Phi) is 73.5. The number of hydrogen-bond acceptors (Lipinski definition) is 15. The van der Waals surface area contributed by atoms with Crippen LogP contribution in [0.2, 0.25) is 0 Å². The number of phosphoric ester groups is 2. The number of unbranched alkanes of at least 4 members (excludes halogenated alkanes) is 54. The molecule has 17 nitrogen and oxygen atoms in total. The molecule has 5 atom stereocenters. The lowest BCUT2D eigenvalue weighted by atomic mass is 10.0. The number of carbonyl (C=O) groups is 4. The summed E-state index contributed by atoms with van der Waals surface area (Å²) in [6.07, 6.45) is 66.7. The molecule has 0 aromatic heterocycles. The minimum Gasteiger partial charge on any atom is -0.462 e. The molecule has 0 saturated heterocycles. The molecule has 19 heteroatoms. The monoisotopic (exact) mass is 1480 g/mol. The van der Waals surface area contributed by atoms with E-state index in [1.807, 2.05) is 0 Å². The molecule has 0 spiro atoms. The zero-order valence-electron chi connectivity index (χ0n) is 66.1. The zero-order chi connectivity index (χ0) is 74.1. The van der Waals surface area contributed by atoms with E-state index in [4.69, 9.17) is 37.0 Å². The predicted molar refractivity (Wildman–Crippen MR) is 414 cm³/mol. The largest absolute Gasteiger partial charge is 0.472 e. The average molecular weight is 1480 g/mol. The van der Waals surface area contributed by atoms with Crippen LogP contribution in [0.15, 0.2) is 0 Å². The lowest BCUT2D eigenvalue weighted by Crippen LogP contribution is -2.30. The van der Waals surface area contributed by atoms with Gasteiger partial charge in [0.15, 0.2) is 12.2 Å². The molecule has 0 radical (unpaired) electrons. The van der Waals surface area contributed by atoms with Crippen LogP contribution >= 0.6 is 15.6 Å². The van der Waals surface area contributed by atoms with Crippen LogP contribution in [-0.2, 0) is 65.4 Å². The Morgan fingerprint density at radius 3 is 0.673 bits per heavy atom. The fourth-order valence-corrected chi connectivity index (χ4v) is 14.3. The molecule has 0 fully saturated rings. The van der Waals surface area contributed by atoms with Gasteiger partial charge >= 0.3 is 39.5 Å². The summed E-state index contributed by atoms with van der Waals surface area (Å²) in [5, 5.41) is 10.6. The first-order valence-corrected chi connectivity index (χ1v) is 45.6. The number of phosphoric acid groups is 2. The van der Waals surface area contributed by atoms with Gasteiger partial charge in [-0.25, -0.2) is 9.13 Å². The van der Waals surface area contributed by atoms with Gasteiger partial charge in [0.1, 0.15) is 19.3 Å². The van der Waals surface area contributed by atoms with Gasteiger partial charge in [0.05, 0.1) is 26.4 Å². The Morgan fingerprint density at radius 1 is 0.267 bits per heavy atom. The van der Waals surface area contributed by atoms with Crippen LogP contribution in [0.25, 0.3) is 0 Å². The summed E-state index contributed by atoms with van der Waals surface area (Å²) < 4.78 is 68.7. The molecule has 0 rings (SSSR count). The van der Waals surface area contributed by atoms with E-state index in [0.717, 1.165) is 96.3 Å². The van der Waals surface area contributed by atoms with Gasteiger partial charge in [0.25, 0.3) is 0 Å². The van der Waals surface area contributed by atoms with Crippen LogP contribution < -0.4 is 0 Å². The molecular weight excluding hydrogens is 1320 g/mol. The molecule has 0 aromatic rings. The van der Waals surface area contributed by atoms with Crippen LogP contribution in [0.3, 0.4) is 0 Å². The van der Waals surface area contributed by atoms with Crippen molar-refractivity contribution >= 4 is 39.5 Å². The van der Waals surface area contributed by atoms with Gasteiger partial charge in [-0.1, -0.05) is 388 Å². The second kappa shape index (κ2) is 74.9. The first kappa shape index (κ1) is 99.1. The SMILES string of the molecule is CCCCCCCCCCCCCCCCCCCCCCC(=O)O[C@H](COC(=O)CCCCCCCCCCCCCCCCCCC)COP(=O)(O)OC[C@@H](O)COP(=O)(O)OC[C@@H](COC(=O)CCCCCCCCCC(C)C)OC(=O)CCCCCCCCCCCCCCCC. The summed E-state index contributed by atoms with van der Waals surface area (Å²) in [4.78, 5) is 73.0. The van der Waals surface area contributed by atoms with Gasteiger partial charge in [-0.15, -0.1) is 0 Å². The van der Waals surface area contributed by atoms with Crippen molar-refractivity contribution in [2.24, 2.45) is 5.92 Å². The summed E-state index contributed by atoms with van der Waals surface area (Å²) in [6, 6.07) is 0. The van der Waals surface area contributed by atoms with Crippen LogP contribution in [-0.4, -0.2) is 96.7 Å². The first-order valence-electron chi connectivity index (χ1n) is 42.6. The molecule has 600 valence electrons. The molecule has 0 saturated carbocycles. The second-order valence-electron chi connectivity index (χ2n) is 30.0. The van der Waals surface area contributed by atoms with E-state index in [0.29, 0.717) is 31.6 Å². The molecule has 0 bridgehead atoms. The number of aliphatic hydroxyl groups is 1. The number of ether oxygens (including phenoxy) is 4. The van der Waals surface area contributed by atoms with Crippen molar-refractivity contribution in [3.63, 3.8) is 0 Å². The number of rotatable bonds is 82. The number of carbonyl (C=O) groups excluding carboxylic acids is 4. The Hall–Kier alpha value is -1.94. The van der Waals surface area contributed by atoms with E-state index >= 15 is 0 Å². The van der Waals surface area contributed by atoms with Crippen molar-refractivity contribution < 1.29 is 80.2 Å². The smallest absolute Gasteiger partial charge is 0.462 e. The van der Waals surface area contributed by atoms with E-state index in [1.165, 1.54) is 257 Å². The maximum absolute atomic E-state index is 13.1. The highest BCUT2D eigenvalue weighted by molar-refractivity contribution is 7.47. The van der Waals surface area contributed by atoms with Crippen molar-refractivity contribution in [3.8, 4) is 0 Å². The lowest BCUT2D eigenvalue weighted by molar-refractivity contribution is -0.161. The van der Waals surface area contributed by atoms with Crippen molar-refractivity contribution in [3.05, 3.63) is 0 Å². The molecule has 0 aliphatic carbocycles. The zero-order valence-corrected chi connectivity index (χ0v) is 67.8. The summed E-state index contributed by atoms with van der Waals surface area (Å²) in [7, 11) is -9.92. The summed E-state index contributed by atoms with van der Waals surface area (Å²) >= 11 is 0.